The van der Waals surface area contributed by atoms with Gasteiger partial charge in [0.15, 0.2) is 0 Å². The van der Waals surface area contributed by atoms with Crippen LogP contribution in [0.15, 0.2) is 24.4 Å². The van der Waals surface area contributed by atoms with Crippen LogP contribution in [0.25, 0.3) is 10.9 Å². The van der Waals surface area contributed by atoms with Gasteiger partial charge < -0.3 is 20.1 Å². The molecule has 6 heteroatoms. The van der Waals surface area contributed by atoms with Gasteiger partial charge in [0.1, 0.15) is 0 Å². The highest BCUT2D eigenvalue weighted by Gasteiger charge is 2.10. The van der Waals surface area contributed by atoms with Crippen molar-refractivity contribution in [1.29, 1.82) is 0 Å². The second-order valence-corrected chi connectivity index (χ2v) is 4.15. The number of rotatable bonds is 5. The Kier molecular flexibility index (Phi) is 5.75. The van der Waals surface area contributed by atoms with Crippen molar-refractivity contribution in [2.24, 2.45) is 0 Å². The van der Waals surface area contributed by atoms with Gasteiger partial charge in [0.05, 0.1) is 23.8 Å². The maximum absolute atomic E-state index is 8.99. The molecular weight excluding hydrogens is 275 g/mol. The van der Waals surface area contributed by atoms with Crippen LogP contribution in [0.4, 0.5) is 5.69 Å². The summed E-state index contributed by atoms with van der Waals surface area (Å²) in [4.78, 5) is 0. The molecule has 0 atom stereocenters. The first-order chi connectivity index (χ1) is 8.27. The van der Waals surface area contributed by atoms with Crippen molar-refractivity contribution in [2.75, 3.05) is 25.1 Å². The van der Waals surface area contributed by atoms with E-state index in [-0.39, 0.29) is 25.6 Å². The molecule has 2 aromatic rings. The fourth-order valence-electron chi connectivity index (χ4n) is 1.93. The largest absolute Gasteiger partial charge is 0.395 e. The Hall–Kier alpha value is -0.940. The van der Waals surface area contributed by atoms with Crippen molar-refractivity contribution in [3.05, 3.63) is 29.4 Å². The molecule has 0 spiro atoms. The van der Waals surface area contributed by atoms with Crippen molar-refractivity contribution in [3.8, 4) is 0 Å². The number of fused-ring (bicyclic) bond motifs is 1. The Bertz CT molecular complexity index is 514. The highest BCUT2D eigenvalue weighted by Crippen LogP contribution is 2.32. The Labute approximate surface area is 117 Å². The first kappa shape index (κ1) is 15.1. The molecule has 0 amide bonds. The number of hydrogen-bond acceptors (Lipinski definition) is 3. The minimum absolute atomic E-state index is 0. The van der Waals surface area contributed by atoms with Gasteiger partial charge in [-0.1, -0.05) is 17.7 Å². The molecule has 1 aromatic heterocycles. The molecule has 0 fully saturated rings. The number of aromatic nitrogens is 1. The molecule has 0 saturated heterocycles. The molecule has 1 aromatic carbocycles. The molecule has 3 N–H and O–H groups in total. The first-order valence-electron chi connectivity index (χ1n) is 5.51. The zero-order valence-electron chi connectivity index (χ0n) is 9.77. The third-order valence-corrected chi connectivity index (χ3v) is 2.91. The van der Waals surface area contributed by atoms with Crippen LogP contribution in [0.5, 0.6) is 0 Å². The minimum Gasteiger partial charge on any atom is -0.395 e. The van der Waals surface area contributed by atoms with Crippen LogP contribution in [0, 0.1) is 0 Å². The number of nitrogens with zero attached hydrogens (tertiary/aromatic N) is 1. The van der Waals surface area contributed by atoms with E-state index in [1.165, 1.54) is 0 Å². The van der Waals surface area contributed by atoms with Crippen LogP contribution in [-0.2, 0) is 6.54 Å². The maximum Gasteiger partial charge on any atom is 0.0682 e. The molecule has 2 rings (SSSR count). The summed E-state index contributed by atoms with van der Waals surface area (Å²) in [6.07, 6.45) is 1.81. The molecule has 0 aliphatic heterocycles. The maximum atomic E-state index is 8.99. The number of aliphatic hydroxyl groups excluding tert-OH is 2. The molecule has 0 bridgehead atoms. The molecule has 100 valence electrons. The summed E-state index contributed by atoms with van der Waals surface area (Å²) in [6.45, 7) is 1.16. The van der Waals surface area contributed by atoms with Crippen LogP contribution >= 0.6 is 24.0 Å². The molecule has 1 heterocycles. The van der Waals surface area contributed by atoms with E-state index >= 15 is 0 Å². The fourth-order valence-corrected chi connectivity index (χ4v) is 2.25. The van der Waals surface area contributed by atoms with E-state index < -0.39 is 0 Å². The van der Waals surface area contributed by atoms with Crippen LogP contribution in [0.3, 0.4) is 0 Å². The first-order valence-corrected chi connectivity index (χ1v) is 5.88. The molecule has 0 aliphatic carbocycles. The lowest BCUT2D eigenvalue weighted by molar-refractivity contribution is 0.278. The Balaban J connectivity index is 0.00000162. The van der Waals surface area contributed by atoms with E-state index in [2.05, 4.69) is 5.32 Å². The Morgan fingerprint density at radius 3 is 2.67 bits per heavy atom. The van der Waals surface area contributed by atoms with E-state index in [9.17, 15) is 0 Å². The van der Waals surface area contributed by atoms with E-state index in [1.54, 1.807) is 0 Å². The normalized spacial score (nSPS) is 10.4. The summed E-state index contributed by atoms with van der Waals surface area (Å²) in [5, 5.41) is 22.5. The summed E-state index contributed by atoms with van der Waals surface area (Å²) in [7, 11) is 0. The number of halogens is 2. The van der Waals surface area contributed by atoms with E-state index in [0.29, 0.717) is 18.1 Å². The van der Waals surface area contributed by atoms with Crippen molar-refractivity contribution < 1.29 is 10.2 Å². The number of hydrogen-bond donors (Lipinski definition) is 3. The molecular formula is C12H16Cl2N2O2. The predicted molar refractivity (Wildman–Crippen MR) is 76.9 cm³/mol. The molecule has 0 unspecified atom stereocenters. The zero-order chi connectivity index (χ0) is 12.3. The van der Waals surface area contributed by atoms with Crippen LogP contribution in [0.1, 0.15) is 0 Å². The second kappa shape index (κ2) is 6.85. The number of aliphatic hydroxyl groups is 2. The lowest BCUT2D eigenvalue weighted by atomic mass is 10.2. The predicted octanol–water partition coefficient (Wildman–Crippen LogP) is 2.11. The highest BCUT2D eigenvalue weighted by atomic mass is 35.5. The van der Waals surface area contributed by atoms with Gasteiger partial charge in [0.25, 0.3) is 0 Å². The molecule has 0 radical (unpaired) electrons. The minimum atomic E-state index is 0. The van der Waals surface area contributed by atoms with Gasteiger partial charge in [-0.3, -0.25) is 0 Å². The van der Waals surface area contributed by atoms with Gasteiger partial charge in [-0.15, -0.1) is 12.4 Å². The average Bonchev–Trinajstić information content (AvgIpc) is 2.65. The van der Waals surface area contributed by atoms with Gasteiger partial charge in [0, 0.05) is 30.4 Å². The molecule has 0 aliphatic rings. The van der Waals surface area contributed by atoms with E-state index in [0.717, 1.165) is 16.6 Å². The zero-order valence-corrected chi connectivity index (χ0v) is 11.3. The van der Waals surface area contributed by atoms with Crippen molar-refractivity contribution in [2.45, 2.75) is 6.54 Å². The van der Waals surface area contributed by atoms with E-state index in [1.807, 2.05) is 29.0 Å². The molecule has 0 saturated carbocycles. The quantitative estimate of drug-likeness (QED) is 0.791. The standard InChI is InChI=1S/C12H15ClN2O2.ClH/c13-9-8-15(5-7-17)11-3-1-2-10(12(9)11)14-4-6-16;/h1-3,8,14,16-17H,4-7H2;1H. The van der Waals surface area contributed by atoms with Crippen molar-refractivity contribution in [3.63, 3.8) is 0 Å². The average molecular weight is 291 g/mol. The summed E-state index contributed by atoms with van der Waals surface area (Å²) in [6, 6.07) is 5.81. The summed E-state index contributed by atoms with van der Waals surface area (Å²) in [5.74, 6) is 0. The van der Waals surface area contributed by atoms with Crippen molar-refractivity contribution >= 4 is 40.6 Å². The topological polar surface area (TPSA) is 57.4 Å². The van der Waals surface area contributed by atoms with Gasteiger partial charge in [-0.05, 0) is 12.1 Å². The van der Waals surface area contributed by atoms with Gasteiger partial charge in [0.2, 0.25) is 0 Å². The number of benzene rings is 1. The van der Waals surface area contributed by atoms with E-state index in [4.69, 9.17) is 21.8 Å². The lowest BCUT2D eigenvalue weighted by Crippen LogP contribution is -2.05. The highest BCUT2D eigenvalue weighted by molar-refractivity contribution is 6.36. The summed E-state index contributed by atoms with van der Waals surface area (Å²) < 4.78 is 1.92. The summed E-state index contributed by atoms with van der Waals surface area (Å²) in [5.41, 5.74) is 1.88. The SMILES string of the molecule is Cl.OCCNc1cccc2c1c(Cl)cn2CCO. The van der Waals surface area contributed by atoms with Gasteiger partial charge in [-0.2, -0.15) is 0 Å². The Morgan fingerprint density at radius 1 is 1.22 bits per heavy atom. The molecule has 4 nitrogen and oxygen atoms in total. The Morgan fingerprint density at radius 2 is 2.00 bits per heavy atom. The smallest absolute Gasteiger partial charge is 0.0682 e. The van der Waals surface area contributed by atoms with Crippen LogP contribution in [0.2, 0.25) is 5.02 Å². The number of anilines is 1. The number of nitrogens with one attached hydrogen (secondary N) is 1. The van der Waals surface area contributed by atoms with Crippen LogP contribution in [-0.4, -0.2) is 34.5 Å². The van der Waals surface area contributed by atoms with Gasteiger partial charge in [-0.25, -0.2) is 0 Å². The monoisotopic (exact) mass is 290 g/mol. The van der Waals surface area contributed by atoms with Crippen molar-refractivity contribution in [1.82, 2.24) is 4.57 Å². The molecule has 18 heavy (non-hydrogen) atoms. The second-order valence-electron chi connectivity index (χ2n) is 3.74. The third-order valence-electron chi connectivity index (χ3n) is 2.63. The lowest BCUT2D eigenvalue weighted by Gasteiger charge is -2.07. The summed E-state index contributed by atoms with van der Waals surface area (Å²) >= 11 is 6.19. The van der Waals surface area contributed by atoms with Crippen LogP contribution < -0.4 is 5.32 Å². The fraction of sp³-hybridized carbons (Fsp3) is 0.333. The third kappa shape index (κ3) is 2.90. The van der Waals surface area contributed by atoms with Gasteiger partial charge >= 0.3 is 0 Å².